The number of amides is 1. The quantitative estimate of drug-likeness (QED) is 0.140. The van der Waals surface area contributed by atoms with Crippen LogP contribution in [-0.2, 0) is 10.0 Å². The van der Waals surface area contributed by atoms with Crippen LogP contribution in [0.5, 0.6) is 5.88 Å². The van der Waals surface area contributed by atoms with E-state index >= 15 is 0 Å². The molecule has 0 aromatic carbocycles. The number of halogens is 4. The Labute approximate surface area is 275 Å². The number of nitrogens with one attached hydrogen (secondary N) is 3. The first-order valence-electron chi connectivity index (χ1n) is 15.2. The minimum Gasteiger partial charge on any atom is -0.474 e. The van der Waals surface area contributed by atoms with Gasteiger partial charge in [0.05, 0.1) is 17.1 Å². The van der Waals surface area contributed by atoms with Crippen molar-refractivity contribution in [2.24, 2.45) is 11.3 Å². The summed E-state index contributed by atoms with van der Waals surface area (Å²) in [6, 6.07) is 8.48. The van der Waals surface area contributed by atoms with Gasteiger partial charge in [0.2, 0.25) is 5.88 Å². The van der Waals surface area contributed by atoms with Gasteiger partial charge in [-0.1, -0.05) is 17.7 Å². The lowest BCUT2D eigenvalue weighted by atomic mass is 9.94. The number of aromatic nitrogens is 4. The summed E-state index contributed by atoms with van der Waals surface area (Å²) in [5, 5.41) is 20.2. The zero-order chi connectivity index (χ0) is 34.0. The van der Waals surface area contributed by atoms with E-state index in [-0.39, 0.29) is 52.4 Å². The highest BCUT2D eigenvalue weighted by Crippen LogP contribution is 2.60. The van der Waals surface area contributed by atoms with Gasteiger partial charge in [-0.25, -0.2) is 19.4 Å². The van der Waals surface area contributed by atoms with Crippen LogP contribution in [0.25, 0.3) is 5.82 Å². The third kappa shape index (κ3) is 8.72. The van der Waals surface area contributed by atoms with E-state index in [0.717, 1.165) is 25.8 Å². The maximum absolute atomic E-state index is 13.1. The molecule has 4 N–H and O–H groups in total. The van der Waals surface area contributed by atoms with Crippen LogP contribution in [0.3, 0.4) is 0 Å². The van der Waals surface area contributed by atoms with Crippen LogP contribution < -0.4 is 20.1 Å². The van der Waals surface area contributed by atoms with Gasteiger partial charge in [0.15, 0.2) is 10.8 Å². The van der Waals surface area contributed by atoms with Crippen molar-refractivity contribution in [3.05, 3.63) is 53.3 Å². The smallest absolute Gasteiger partial charge is 0.394 e. The monoisotopic (exact) mass is 699 g/mol. The summed E-state index contributed by atoms with van der Waals surface area (Å²) >= 11 is 6.23. The second kappa shape index (κ2) is 13.6. The van der Waals surface area contributed by atoms with Crippen molar-refractivity contribution in [1.29, 1.82) is 0 Å². The van der Waals surface area contributed by atoms with E-state index in [1.165, 1.54) is 41.2 Å². The van der Waals surface area contributed by atoms with Gasteiger partial charge in [-0.3, -0.25) is 4.79 Å². The predicted octanol–water partition coefficient (Wildman–Crippen LogP) is 4.49. The molecule has 2 aliphatic rings. The van der Waals surface area contributed by atoms with Crippen LogP contribution in [0.15, 0.2) is 47.6 Å². The molecule has 4 heterocycles. The standard InChI is InChI=1S/C30H37ClF3N7O5S/c1-28(2)15-19(17-36-28)5-4-13-35-22-6-3-7-25(37-22)47(44,45)40-27(43)21-8-9-23(38-26(21)31)41-14-10-24(39-41)46-18-20(42)16-29(11-12-29)30(32,33)34/h3,6-10,14,19-20,36,42H,4-5,11-13,15-18H2,1-2H3,(H,35,37)(H,40,43)/t19-,20?/m0/s1. The number of anilines is 1. The Morgan fingerprint density at radius 2 is 1.98 bits per heavy atom. The molecule has 0 radical (unpaired) electrons. The molecule has 1 unspecified atom stereocenters. The molecule has 0 spiro atoms. The number of aliphatic hydroxyl groups excluding tert-OH is 1. The van der Waals surface area contributed by atoms with Crippen molar-refractivity contribution < 1.29 is 36.2 Å². The summed E-state index contributed by atoms with van der Waals surface area (Å²) in [5.74, 6) is 0.0935. The molecule has 3 aromatic heterocycles. The lowest BCUT2D eigenvalue weighted by Crippen LogP contribution is -2.31. The number of pyridine rings is 2. The molecule has 2 fully saturated rings. The van der Waals surface area contributed by atoms with Crippen LogP contribution in [0.2, 0.25) is 5.15 Å². The Morgan fingerprint density at radius 3 is 2.64 bits per heavy atom. The van der Waals surface area contributed by atoms with E-state index < -0.39 is 40.0 Å². The summed E-state index contributed by atoms with van der Waals surface area (Å²) in [6.45, 7) is 5.57. The van der Waals surface area contributed by atoms with Gasteiger partial charge < -0.3 is 20.5 Å². The first kappa shape index (κ1) is 34.9. The molecule has 47 heavy (non-hydrogen) atoms. The summed E-state index contributed by atoms with van der Waals surface area (Å²) in [7, 11) is -4.35. The summed E-state index contributed by atoms with van der Waals surface area (Å²) in [6.07, 6.45) is -1.76. The molecule has 256 valence electrons. The number of aliphatic hydroxyl groups is 1. The van der Waals surface area contributed by atoms with Crippen molar-refractivity contribution in [1.82, 2.24) is 29.8 Å². The van der Waals surface area contributed by atoms with Crippen LogP contribution in [0.1, 0.15) is 62.7 Å². The Balaban J connectivity index is 1.13. The number of ether oxygens (including phenoxy) is 1. The Kier molecular flexibility index (Phi) is 10.1. The normalized spacial score (nSPS) is 19.3. The van der Waals surface area contributed by atoms with E-state index in [9.17, 15) is 31.5 Å². The molecular formula is C30H37ClF3N7O5S. The number of hydrogen-bond acceptors (Lipinski definition) is 10. The number of rotatable bonds is 14. The van der Waals surface area contributed by atoms with Crippen LogP contribution >= 0.6 is 11.6 Å². The van der Waals surface area contributed by atoms with Crippen molar-refractivity contribution in [2.75, 3.05) is 25.0 Å². The number of nitrogens with zero attached hydrogens (tertiary/aromatic N) is 4. The predicted molar refractivity (Wildman–Crippen MR) is 167 cm³/mol. The lowest BCUT2D eigenvalue weighted by molar-refractivity contribution is -0.195. The fraction of sp³-hybridized carbons (Fsp3) is 0.533. The third-order valence-corrected chi connectivity index (χ3v) is 9.89. The molecule has 17 heteroatoms. The first-order chi connectivity index (χ1) is 22.1. The van der Waals surface area contributed by atoms with Gasteiger partial charge in [-0.05, 0) is 89.1 Å². The zero-order valence-electron chi connectivity index (χ0n) is 25.8. The summed E-state index contributed by atoms with van der Waals surface area (Å²) < 4.78 is 74.0. The van der Waals surface area contributed by atoms with Crippen molar-refractivity contribution in [3.63, 3.8) is 0 Å². The highest BCUT2D eigenvalue weighted by atomic mass is 35.5. The molecule has 0 bridgehead atoms. The van der Waals surface area contributed by atoms with Crippen molar-refractivity contribution in [3.8, 4) is 11.7 Å². The molecule has 12 nitrogen and oxygen atoms in total. The van der Waals surface area contributed by atoms with Crippen LogP contribution in [0, 0.1) is 11.3 Å². The van der Waals surface area contributed by atoms with Gasteiger partial charge in [-0.15, -0.1) is 5.10 Å². The van der Waals surface area contributed by atoms with Gasteiger partial charge >= 0.3 is 6.18 Å². The van der Waals surface area contributed by atoms with Crippen molar-refractivity contribution in [2.45, 2.75) is 75.2 Å². The fourth-order valence-electron chi connectivity index (χ4n) is 5.67. The van der Waals surface area contributed by atoms with Gasteiger partial charge in [0.1, 0.15) is 17.6 Å². The second-order valence-electron chi connectivity index (χ2n) is 12.8. The molecule has 1 saturated heterocycles. The average Bonchev–Trinajstić information content (AvgIpc) is 3.49. The number of sulfonamides is 1. The summed E-state index contributed by atoms with van der Waals surface area (Å²) in [5.41, 5.74) is -1.93. The second-order valence-corrected chi connectivity index (χ2v) is 14.7. The number of carbonyl (C=O) groups is 1. The lowest BCUT2D eigenvalue weighted by Gasteiger charge is -2.21. The zero-order valence-corrected chi connectivity index (χ0v) is 27.4. The maximum Gasteiger partial charge on any atom is 0.394 e. The molecule has 5 rings (SSSR count). The SMILES string of the molecule is CC1(C)C[C@H](CCCNc2cccc(S(=O)(=O)NC(=O)c3ccc(-n4ccc(OCC(O)CC5(C(F)(F)F)CC5)n4)nc3Cl)n2)CN1. The third-order valence-electron chi connectivity index (χ3n) is 8.37. The fourth-order valence-corrected chi connectivity index (χ4v) is 6.84. The molecule has 2 atom stereocenters. The van der Waals surface area contributed by atoms with E-state index in [2.05, 4.69) is 39.5 Å². The minimum absolute atomic E-state index is 0.0196. The van der Waals surface area contributed by atoms with Crippen LogP contribution in [0.4, 0.5) is 19.0 Å². The number of hydrogen-bond donors (Lipinski definition) is 4. The first-order valence-corrected chi connectivity index (χ1v) is 17.1. The van der Waals surface area contributed by atoms with E-state index in [1.54, 1.807) is 6.07 Å². The molecular weight excluding hydrogens is 663 g/mol. The Hall–Kier alpha value is -3.47. The van der Waals surface area contributed by atoms with Gasteiger partial charge in [0.25, 0.3) is 15.9 Å². The number of carbonyl (C=O) groups excluding carboxylic acids is 1. The molecule has 1 aliphatic heterocycles. The van der Waals surface area contributed by atoms with Gasteiger partial charge in [-0.2, -0.15) is 21.6 Å². The van der Waals surface area contributed by atoms with Crippen molar-refractivity contribution >= 4 is 33.3 Å². The van der Waals surface area contributed by atoms with Crippen LogP contribution in [-0.4, -0.2) is 76.7 Å². The largest absolute Gasteiger partial charge is 0.474 e. The Morgan fingerprint density at radius 1 is 1.21 bits per heavy atom. The average molecular weight is 700 g/mol. The maximum atomic E-state index is 13.1. The molecule has 3 aromatic rings. The van der Waals surface area contributed by atoms with E-state index in [4.69, 9.17) is 16.3 Å². The highest BCUT2D eigenvalue weighted by molar-refractivity contribution is 7.90. The van der Waals surface area contributed by atoms with E-state index in [1.807, 2.05) is 4.72 Å². The summed E-state index contributed by atoms with van der Waals surface area (Å²) in [4.78, 5) is 21.1. The van der Waals surface area contributed by atoms with Gasteiger partial charge in [0, 0.05) is 24.3 Å². The molecule has 1 saturated carbocycles. The Bertz CT molecular complexity index is 1700. The number of alkyl halides is 3. The minimum atomic E-state index is -4.38. The molecule has 1 aliphatic carbocycles. The molecule has 1 amide bonds. The topological polar surface area (TPSA) is 160 Å². The van der Waals surface area contributed by atoms with E-state index in [0.29, 0.717) is 18.3 Å². The highest BCUT2D eigenvalue weighted by Gasteiger charge is 2.63.